The molecule has 5 aliphatic rings. The molecule has 9 atom stereocenters. The van der Waals surface area contributed by atoms with Crippen molar-refractivity contribution in [3.05, 3.63) is 11.6 Å². The van der Waals surface area contributed by atoms with Crippen LogP contribution in [0.1, 0.15) is 97.8 Å². The number of rotatable bonds is 5. The lowest BCUT2D eigenvalue weighted by Crippen LogP contribution is -2.50. The molecule has 4 fully saturated rings. The fourth-order valence-electron chi connectivity index (χ4n) is 8.97. The highest BCUT2D eigenvalue weighted by atomic mass is 16.3. The number of hydrogen-bond donors (Lipinski definition) is 2. The van der Waals surface area contributed by atoms with Gasteiger partial charge < -0.3 is 10.2 Å². The van der Waals surface area contributed by atoms with E-state index in [0.717, 1.165) is 48.9 Å². The first-order valence-electron chi connectivity index (χ1n) is 12.9. The SMILES string of the molecule is C[C@H](CC[C@@H](O)C1CC1)[C@H]1CCC2[C@@H]3CC=C4C[C@@H](O)CC[C@]4(C)C3CC[C@@]21C. The first kappa shape index (κ1) is 20.6. The standard InChI is InChI=1S/C27H44O2/c1-17(4-11-25(29)18-5-6-18)22-9-10-23-21-8-7-19-16-20(28)12-14-26(19,2)24(21)13-15-27(22,23)3/h7,17-18,20-25,28-29H,4-6,8-16H2,1-3H3/t17-,20+,21+,22-,23?,24?,25-,26+,27-/m1/s1. The highest BCUT2D eigenvalue weighted by Crippen LogP contribution is 2.67. The molecule has 0 amide bonds. The van der Waals surface area contributed by atoms with Crippen molar-refractivity contribution < 1.29 is 10.2 Å². The fourth-order valence-corrected chi connectivity index (χ4v) is 8.97. The second-order valence-corrected chi connectivity index (χ2v) is 12.3. The summed E-state index contributed by atoms with van der Waals surface area (Å²) in [7, 11) is 0. The summed E-state index contributed by atoms with van der Waals surface area (Å²) in [5.74, 6) is 4.84. The lowest BCUT2D eigenvalue weighted by Gasteiger charge is -2.58. The van der Waals surface area contributed by atoms with Gasteiger partial charge in [-0.25, -0.2) is 0 Å². The van der Waals surface area contributed by atoms with E-state index in [1.165, 1.54) is 57.8 Å². The van der Waals surface area contributed by atoms with Crippen molar-refractivity contribution in [2.24, 2.45) is 46.3 Å². The summed E-state index contributed by atoms with van der Waals surface area (Å²) in [5, 5.41) is 20.6. The zero-order chi connectivity index (χ0) is 20.4. The Morgan fingerprint density at radius 3 is 2.55 bits per heavy atom. The summed E-state index contributed by atoms with van der Waals surface area (Å²) in [6.07, 6.45) is 17.3. The van der Waals surface area contributed by atoms with Crippen LogP contribution in [0.25, 0.3) is 0 Å². The first-order valence-corrected chi connectivity index (χ1v) is 12.9. The Kier molecular flexibility index (Phi) is 5.22. The van der Waals surface area contributed by atoms with E-state index in [1.54, 1.807) is 5.57 Å². The lowest BCUT2D eigenvalue weighted by molar-refractivity contribution is -0.0578. The second kappa shape index (κ2) is 7.37. The van der Waals surface area contributed by atoms with Gasteiger partial charge in [0.1, 0.15) is 0 Å². The van der Waals surface area contributed by atoms with Gasteiger partial charge in [-0.05, 0) is 123 Å². The van der Waals surface area contributed by atoms with Gasteiger partial charge in [-0.3, -0.25) is 0 Å². The molecule has 29 heavy (non-hydrogen) atoms. The van der Waals surface area contributed by atoms with Crippen LogP contribution in [0.4, 0.5) is 0 Å². The number of fused-ring (bicyclic) bond motifs is 5. The number of aliphatic hydroxyl groups excluding tert-OH is 2. The van der Waals surface area contributed by atoms with Gasteiger partial charge in [0.05, 0.1) is 12.2 Å². The van der Waals surface area contributed by atoms with Crippen LogP contribution in [0.15, 0.2) is 11.6 Å². The summed E-state index contributed by atoms with van der Waals surface area (Å²) >= 11 is 0. The van der Waals surface area contributed by atoms with Gasteiger partial charge in [-0.15, -0.1) is 0 Å². The van der Waals surface area contributed by atoms with Crippen LogP contribution in [0, 0.1) is 46.3 Å². The molecule has 2 N–H and O–H groups in total. The molecule has 0 aromatic rings. The Bertz CT molecular complexity index is 651. The molecule has 5 rings (SSSR count). The predicted molar refractivity (Wildman–Crippen MR) is 118 cm³/mol. The molecule has 0 aromatic heterocycles. The van der Waals surface area contributed by atoms with Gasteiger partial charge in [0.25, 0.3) is 0 Å². The average molecular weight is 401 g/mol. The number of allylic oxidation sites excluding steroid dienone is 1. The smallest absolute Gasteiger partial charge is 0.0577 e. The fraction of sp³-hybridized carbons (Fsp3) is 0.926. The lowest BCUT2D eigenvalue weighted by atomic mass is 9.47. The van der Waals surface area contributed by atoms with Crippen LogP contribution in [0.3, 0.4) is 0 Å². The van der Waals surface area contributed by atoms with E-state index in [-0.39, 0.29) is 12.2 Å². The molecule has 0 saturated heterocycles. The van der Waals surface area contributed by atoms with E-state index in [1.807, 2.05) is 0 Å². The van der Waals surface area contributed by atoms with Crippen LogP contribution in [-0.4, -0.2) is 22.4 Å². The van der Waals surface area contributed by atoms with Crippen molar-refractivity contribution in [3.63, 3.8) is 0 Å². The molecule has 0 spiro atoms. The minimum atomic E-state index is -0.0950. The molecule has 0 heterocycles. The molecule has 0 bridgehead atoms. The Labute approximate surface area is 178 Å². The highest BCUT2D eigenvalue weighted by Gasteiger charge is 2.59. The van der Waals surface area contributed by atoms with E-state index < -0.39 is 0 Å². The summed E-state index contributed by atoms with van der Waals surface area (Å²) in [5.41, 5.74) is 2.47. The molecule has 2 unspecified atom stereocenters. The zero-order valence-electron chi connectivity index (χ0n) is 19.1. The van der Waals surface area contributed by atoms with E-state index in [9.17, 15) is 10.2 Å². The van der Waals surface area contributed by atoms with Gasteiger partial charge in [0, 0.05) is 0 Å². The predicted octanol–water partition coefficient (Wildman–Crippen LogP) is 6.11. The van der Waals surface area contributed by atoms with Gasteiger partial charge in [0.2, 0.25) is 0 Å². The zero-order valence-corrected chi connectivity index (χ0v) is 19.1. The van der Waals surface area contributed by atoms with Crippen molar-refractivity contribution in [2.45, 2.75) is 110 Å². The van der Waals surface area contributed by atoms with Crippen molar-refractivity contribution in [3.8, 4) is 0 Å². The Morgan fingerprint density at radius 2 is 1.79 bits per heavy atom. The largest absolute Gasteiger partial charge is 0.393 e. The number of aliphatic hydroxyl groups is 2. The summed E-state index contributed by atoms with van der Waals surface area (Å²) in [6, 6.07) is 0. The van der Waals surface area contributed by atoms with E-state index in [4.69, 9.17) is 0 Å². The van der Waals surface area contributed by atoms with Crippen LogP contribution in [0.2, 0.25) is 0 Å². The third kappa shape index (κ3) is 3.36. The Hall–Kier alpha value is -0.340. The maximum Gasteiger partial charge on any atom is 0.0577 e. The molecular formula is C27H44O2. The van der Waals surface area contributed by atoms with Crippen LogP contribution < -0.4 is 0 Å². The van der Waals surface area contributed by atoms with Crippen LogP contribution >= 0.6 is 0 Å². The summed E-state index contributed by atoms with van der Waals surface area (Å²) in [6.45, 7) is 7.68. The van der Waals surface area contributed by atoms with Crippen molar-refractivity contribution in [1.29, 1.82) is 0 Å². The summed E-state index contributed by atoms with van der Waals surface area (Å²) in [4.78, 5) is 0. The monoisotopic (exact) mass is 400 g/mol. The van der Waals surface area contributed by atoms with E-state index in [0.29, 0.717) is 16.7 Å². The molecule has 2 heteroatoms. The quantitative estimate of drug-likeness (QED) is 0.546. The molecule has 5 aliphatic carbocycles. The first-order chi connectivity index (χ1) is 13.8. The van der Waals surface area contributed by atoms with Crippen molar-refractivity contribution in [1.82, 2.24) is 0 Å². The second-order valence-electron chi connectivity index (χ2n) is 12.3. The molecule has 164 valence electrons. The average Bonchev–Trinajstić information content (AvgIpc) is 3.48. The third-order valence-corrected chi connectivity index (χ3v) is 10.9. The Morgan fingerprint density at radius 1 is 1.00 bits per heavy atom. The third-order valence-electron chi connectivity index (χ3n) is 10.9. The van der Waals surface area contributed by atoms with Gasteiger partial charge in [-0.1, -0.05) is 32.4 Å². The Balaban J connectivity index is 1.30. The van der Waals surface area contributed by atoms with Gasteiger partial charge in [0.15, 0.2) is 0 Å². The minimum Gasteiger partial charge on any atom is -0.393 e. The van der Waals surface area contributed by atoms with Crippen LogP contribution in [0.5, 0.6) is 0 Å². The highest BCUT2D eigenvalue weighted by molar-refractivity contribution is 5.25. The number of hydrogen-bond acceptors (Lipinski definition) is 2. The molecule has 0 radical (unpaired) electrons. The molecule has 0 aromatic carbocycles. The van der Waals surface area contributed by atoms with Crippen LogP contribution in [-0.2, 0) is 0 Å². The topological polar surface area (TPSA) is 40.5 Å². The normalized spacial score (nSPS) is 48.9. The molecular weight excluding hydrogens is 356 g/mol. The molecule has 4 saturated carbocycles. The molecule has 2 nitrogen and oxygen atoms in total. The minimum absolute atomic E-state index is 0.0262. The van der Waals surface area contributed by atoms with Gasteiger partial charge in [-0.2, -0.15) is 0 Å². The molecule has 0 aliphatic heterocycles. The van der Waals surface area contributed by atoms with Crippen molar-refractivity contribution in [2.75, 3.05) is 0 Å². The van der Waals surface area contributed by atoms with Crippen molar-refractivity contribution >= 4 is 0 Å². The van der Waals surface area contributed by atoms with E-state index >= 15 is 0 Å². The van der Waals surface area contributed by atoms with Gasteiger partial charge >= 0.3 is 0 Å². The maximum absolute atomic E-state index is 10.4. The maximum atomic E-state index is 10.4. The van der Waals surface area contributed by atoms with E-state index in [2.05, 4.69) is 26.8 Å². The summed E-state index contributed by atoms with van der Waals surface area (Å²) < 4.78 is 0.